The van der Waals surface area contributed by atoms with Gasteiger partial charge in [-0.2, -0.15) is 0 Å². The summed E-state index contributed by atoms with van der Waals surface area (Å²) in [5.74, 6) is -0.345. The van der Waals surface area contributed by atoms with Crippen molar-refractivity contribution < 1.29 is 8.78 Å². The number of benzene rings is 2. The number of hydrogen-bond donors (Lipinski definition) is 0. The maximum absolute atomic E-state index is 13.1. The van der Waals surface area contributed by atoms with Crippen LogP contribution >= 0.6 is 12.4 Å². The Kier molecular flexibility index (Phi) is 7.27. The molecule has 0 atom stereocenters. The van der Waals surface area contributed by atoms with Crippen LogP contribution < -0.4 is 4.90 Å². The molecule has 2 fully saturated rings. The Bertz CT molecular complexity index is 722. The van der Waals surface area contributed by atoms with Crippen LogP contribution in [0, 0.1) is 11.6 Å². The van der Waals surface area contributed by atoms with Crippen LogP contribution in [0.2, 0.25) is 0 Å². The molecule has 28 heavy (non-hydrogen) atoms. The third kappa shape index (κ3) is 5.22. The topological polar surface area (TPSA) is 9.72 Å². The number of rotatable bonds is 4. The fourth-order valence-electron chi connectivity index (χ4n) is 4.28. The highest BCUT2D eigenvalue weighted by atomic mass is 35.5. The highest BCUT2D eigenvalue weighted by Gasteiger charge is 2.27. The molecule has 6 heteroatoms. The van der Waals surface area contributed by atoms with Gasteiger partial charge in [0.2, 0.25) is 0 Å². The summed E-state index contributed by atoms with van der Waals surface area (Å²) in [4.78, 5) is 7.45. The molecule has 0 aromatic heterocycles. The summed E-state index contributed by atoms with van der Waals surface area (Å²) in [6.07, 6.45) is 2.32. The lowest BCUT2D eigenvalue weighted by Gasteiger charge is -2.43. The number of anilines is 1. The second-order valence-corrected chi connectivity index (χ2v) is 7.63. The molecule has 0 radical (unpaired) electrons. The van der Waals surface area contributed by atoms with E-state index >= 15 is 0 Å². The van der Waals surface area contributed by atoms with Crippen LogP contribution in [0.5, 0.6) is 0 Å². The second kappa shape index (κ2) is 9.68. The Morgan fingerprint density at radius 2 is 1.25 bits per heavy atom. The molecule has 0 unspecified atom stereocenters. The summed E-state index contributed by atoms with van der Waals surface area (Å²) in [6.45, 7) is 7.30. The van der Waals surface area contributed by atoms with Crippen molar-refractivity contribution >= 4 is 18.1 Å². The fraction of sp³-hybridized carbons (Fsp3) is 0.455. The number of halogens is 3. The predicted molar refractivity (Wildman–Crippen MR) is 112 cm³/mol. The molecule has 2 saturated heterocycles. The zero-order valence-electron chi connectivity index (χ0n) is 16.1. The van der Waals surface area contributed by atoms with Crippen LogP contribution in [-0.2, 0) is 6.54 Å². The van der Waals surface area contributed by atoms with Gasteiger partial charge in [0.15, 0.2) is 0 Å². The molecule has 0 saturated carbocycles. The molecule has 2 aliphatic rings. The average Bonchev–Trinajstić information content (AvgIpc) is 2.71. The molecule has 0 spiro atoms. The molecule has 2 aromatic carbocycles. The lowest BCUT2D eigenvalue weighted by atomic mass is 10.0. The van der Waals surface area contributed by atoms with Crippen LogP contribution in [0.15, 0.2) is 48.5 Å². The summed E-state index contributed by atoms with van der Waals surface area (Å²) < 4.78 is 26.1. The van der Waals surface area contributed by atoms with E-state index in [9.17, 15) is 8.78 Å². The summed E-state index contributed by atoms with van der Waals surface area (Å²) in [7, 11) is 0. The third-order valence-electron chi connectivity index (χ3n) is 5.90. The van der Waals surface area contributed by atoms with Crippen LogP contribution in [0.1, 0.15) is 18.4 Å². The highest BCUT2D eigenvalue weighted by molar-refractivity contribution is 5.85. The normalized spacial score (nSPS) is 19.4. The Balaban J connectivity index is 0.00000225. The number of hydrogen-bond acceptors (Lipinski definition) is 3. The monoisotopic (exact) mass is 407 g/mol. The van der Waals surface area contributed by atoms with Gasteiger partial charge in [-0.25, -0.2) is 8.78 Å². The minimum Gasteiger partial charge on any atom is -0.371 e. The van der Waals surface area contributed by atoms with Gasteiger partial charge in [0.1, 0.15) is 11.6 Å². The zero-order valence-corrected chi connectivity index (χ0v) is 16.9. The lowest BCUT2D eigenvalue weighted by molar-refractivity contribution is 0.0811. The lowest BCUT2D eigenvalue weighted by Crippen LogP contribution is -2.53. The molecule has 0 N–H and O–H groups in total. The van der Waals surface area contributed by atoms with Crippen molar-refractivity contribution in [2.45, 2.75) is 25.4 Å². The number of nitrogens with zero attached hydrogens (tertiary/aromatic N) is 3. The Morgan fingerprint density at radius 1 is 0.714 bits per heavy atom. The summed E-state index contributed by atoms with van der Waals surface area (Å²) in [5.41, 5.74) is 2.30. The van der Waals surface area contributed by atoms with E-state index in [0.717, 1.165) is 64.3 Å². The van der Waals surface area contributed by atoms with E-state index in [2.05, 4.69) is 14.7 Å². The maximum atomic E-state index is 13.1. The first-order chi connectivity index (χ1) is 13.2. The molecular weight excluding hydrogens is 380 g/mol. The summed E-state index contributed by atoms with van der Waals surface area (Å²) in [5, 5.41) is 0. The van der Waals surface area contributed by atoms with Gasteiger partial charge in [0, 0.05) is 57.5 Å². The van der Waals surface area contributed by atoms with Crippen molar-refractivity contribution in [3.63, 3.8) is 0 Å². The number of piperidine rings is 1. The van der Waals surface area contributed by atoms with Crippen LogP contribution in [-0.4, -0.2) is 55.1 Å². The molecule has 0 bridgehead atoms. The number of piperazine rings is 1. The molecule has 0 amide bonds. The Hall–Kier alpha value is -1.69. The first-order valence-corrected chi connectivity index (χ1v) is 9.89. The second-order valence-electron chi connectivity index (χ2n) is 7.63. The van der Waals surface area contributed by atoms with Gasteiger partial charge in [-0.1, -0.05) is 12.1 Å². The molecular formula is C22H28ClF2N3. The highest BCUT2D eigenvalue weighted by Crippen LogP contribution is 2.24. The van der Waals surface area contributed by atoms with E-state index < -0.39 is 0 Å². The van der Waals surface area contributed by atoms with Crippen molar-refractivity contribution in [3.8, 4) is 0 Å². The molecule has 2 aromatic rings. The van der Waals surface area contributed by atoms with Crippen molar-refractivity contribution in [2.75, 3.05) is 44.2 Å². The molecule has 4 rings (SSSR count). The van der Waals surface area contributed by atoms with E-state index in [1.165, 1.54) is 5.56 Å². The van der Waals surface area contributed by atoms with Gasteiger partial charge >= 0.3 is 0 Å². The van der Waals surface area contributed by atoms with Gasteiger partial charge < -0.3 is 4.90 Å². The van der Waals surface area contributed by atoms with Gasteiger partial charge in [0.25, 0.3) is 0 Å². The first kappa shape index (κ1) is 21.0. The standard InChI is InChI=1S/C22H27F2N3.ClH/c23-19-3-1-18(2-4-19)17-25-13-15-27(16-14-25)22-9-11-26(12-10-22)21-7-5-20(24)6-8-21;/h1-8,22H,9-17H2;1H. The largest absolute Gasteiger partial charge is 0.371 e. The molecule has 0 aliphatic carbocycles. The van der Waals surface area contributed by atoms with E-state index in [1.807, 2.05) is 24.3 Å². The minimum atomic E-state index is -0.174. The van der Waals surface area contributed by atoms with E-state index in [-0.39, 0.29) is 24.0 Å². The van der Waals surface area contributed by atoms with Gasteiger partial charge in [-0.05, 0) is 54.8 Å². The van der Waals surface area contributed by atoms with Crippen LogP contribution in [0.4, 0.5) is 14.5 Å². The van der Waals surface area contributed by atoms with E-state index in [1.54, 1.807) is 24.3 Å². The maximum Gasteiger partial charge on any atom is 0.123 e. The Morgan fingerprint density at radius 3 is 1.82 bits per heavy atom. The third-order valence-corrected chi connectivity index (χ3v) is 5.90. The Labute approximate surface area is 172 Å². The molecule has 3 nitrogen and oxygen atoms in total. The van der Waals surface area contributed by atoms with Gasteiger partial charge in [0.05, 0.1) is 0 Å². The summed E-state index contributed by atoms with van der Waals surface area (Å²) >= 11 is 0. The van der Waals surface area contributed by atoms with Crippen molar-refractivity contribution in [3.05, 3.63) is 65.7 Å². The van der Waals surface area contributed by atoms with Crippen LogP contribution in [0.3, 0.4) is 0 Å². The molecule has 2 aliphatic heterocycles. The fourth-order valence-corrected chi connectivity index (χ4v) is 4.28. The van der Waals surface area contributed by atoms with Gasteiger partial charge in [-0.3, -0.25) is 9.80 Å². The quantitative estimate of drug-likeness (QED) is 0.753. The predicted octanol–water partition coefficient (Wildman–Crippen LogP) is 4.17. The van der Waals surface area contributed by atoms with Crippen LogP contribution in [0.25, 0.3) is 0 Å². The molecule has 2 heterocycles. The summed E-state index contributed by atoms with van der Waals surface area (Å²) in [6, 6.07) is 14.3. The average molecular weight is 408 g/mol. The smallest absolute Gasteiger partial charge is 0.123 e. The zero-order chi connectivity index (χ0) is 18.6. The van der Waals surface area contributed by atoms with E-state index in [0.29, 0.717) is 6.04 Å². The van der Waals surface area contributed by atoms with Crippen molar-refractivity contribution in [1.82, 2.24) is 9.80 Å². The SMILES string of the molecule is Cl.Fc1ccc(CN2CCN(C3CCN(c4ccc(F)cc4)CC3)CC2)cc1. The minimum absolute atomic E-state index is 0. The molecule has 152 valence electrons. The van der Waals surface area contributed by atoms with Crippen molar-refractivity contribution in [2.24, 2.45) is 0 Å². The first-order valence-electron chi connectivity index (χ1n) is 9.89. The van der Waals surface area contributed by atoms with E-state index in [4.69, 9.17) is 0 Å². The van der Waals surface area contributed by atoms with Crippen molar-refractivity contribution in [1.29, 1.82) is 0 Å². The van der Waals surface area contributed by atoms with Gasteiger partial charge in [-0.15, -0.1) is 12.4 Å².